The van der Waals surface area contributed by atoms with Gasteiger partial charge in [0.05, 0.1) is 6.07 Å². The molecule has 0 radical (unpaired) electrons. The van der Waals surface area contributed by atoms with Gasteiger partial charge in [-0.25, -0.2) is 13.6 Å². The number of thiophene rings is 1. The Balaban J connectivity index is 1.97. The zero-order valence-corrected chi connectivity index (χ0v) is 11.1. The molecule has 19 heavy (non-hydrogen) atoms. The van der Waals surface area contributed by atoms with E-state index in [0.717, 1.165) is 4.88 Å². The Labute approximate surface area is 113 Å². The number of nitrogens with zero attached hydrogens (tertiary/aromatic N) is 1. The van der Waals surface area contributed by atoms with Crippen LogP contribution in [0.25, 0.3) is 0 Å². The highest BCUT2D eigenvalue weighted by molar-refractivity contribution is 7.13. The summed E-state index contributed by atoms with van der Waals surface area (Å²) >= 11 is 1.28. The molecule has 0 bridgehead atoms. The summed E-state index contributed by atoms with van der Waals surface area (Å²) in [5.74, 6) is -1.81. The van der Waals surface area contributed by atoms with Gasteiger partial charge in [0, 0.05) is 17.7 Å². The van der Waals surface area contributed by atoms with Gasteiger partial charge >= 0.3 is 5.97 Å². The van der Waals surface area contributed by atoms with Crippen LogP contribution in [0.15, 0.2) is 12.1 Å². The molecule has 1 heterocycles. The summed E-state index contributed by atoms with van der Waals surface area (Å²) in [6.07, 6.45) is -4.21. The molecule has 1 fully saturated rings. The largest absolute Gasteiger partial charge is 0.458 e. The first-order valence-corrected chi connectivity index (χ1v) is 6.78. The highest BCUT2D eigenvalue weighted by Crippen LogP contribution is 2.32. The topological polar surface area (TPSA) is 50.1 Å². The van der Waals surface area contributed by atoms with Crippen molar-refractivity contribution in [3.63, 3.8) is 0 Å². The zero-order chi connectivity index (χ0) is 14.0. The molecular formula is C13H13F2NO2S. The first kappa shape index (κ1) is 13.9. The molecule has 0 aliphatic heterocycles. The molecule has 102 valence electrons. The lowest BCUT2D eigenvalue weighted by Crippen LogP contribution is -2.39. The van der Waals surface area contributed by atoms with Gasteiger partial charge in [-0.05, 0) is 19.1 Å². The number of hydrogen-bond acceptors (Lipinski definition) is 4. The second-order valence-electron chi connectivity index (χ2n) is 4.60. The smallest absolute Gasteiger partial charge is 0.348 e. The molecule has 0 spiro atoms. The van der Waals surface area contributed by atoms with Crippen molar-refractivity contribution in [3.8, 4) is 6.07 Å². The molecule has 6 heteroatoms. The normalized spacial score (nSPS) is 30.6. The van der Waals surface area contributed by atoms with Crippen LogP contribution in [0, 0.1) is 24.2 Å². The van der Waals surface area contributed by atoms with Crippen LogP contribution in [0.5, 0.6) is 0 Å². The summed E-state index contributed by atoms with van der Waals surface area (Å²) in [5.41, 5.74) is 0. The molecule has 1 aliphatic carbocycles. The Hall–Kier alpha value is -1.48. The minimum absolute atomic E-state index is 0.116. The molecule has 0 aromatic carbocycles. The third kappa shape index (κ3) is 3.10. The highest BCUT2D eigenvalue weighted by atomic mass is 32.1. The van der Waals surface area contributed by atoms with Gasteiger partial charge in [0.15, 0.2) is 0 Å². The highest BCUT2D eigenvalue weighted by Gasteiger charge is 2.40. The van der Waals surface area contributed by atoms with E-state index in [-0.39, 0.29) is 12.8 Å². The Morgan fingerprint density at radius 2 is 2.05 bits per heavy atom. The average molecular weight is 285 g/mol. The molecule has 0 saturated heterocycles. The molecule has 0 amide bonds. The average Bonchev–Trinajstić information content (AvgIpc) is 2.75. The van der Waals surface area contributed by atoms with E-state index in [1.54, 1.807) is 18.2 Å². The van der Waals surface area contributed by atoms with E-state index in [1.807, 2.05) is 6.92 Å². The number of carbonyl (C=O) groups excluding carboxylic acids is 1. The Morgan fingerprint density at radius 3 is 2.53 bits per heavy atom. The first-order chi connectivity index (χ1) is 9.01. The van der Waals surface area contributed by atoms with Crippen LogP contribution in [-0.2, 0) is 4.74 Å². The van der Waals surface area contributed by atoms with Gasteiger partial charge in [-0.15, -0.1) is 11.3 Å². The number of rotatable bonds is 2. The maximum atomic E-state index is 13.6. The quantitative estimate of drug-likeness (QED) is 0.784. The molecule has 2 atom stereocenters. The van der Waals surface area contributed by atoms with E-state index in [1.165, 1.54) is 11.3 Å². The van der Waals surface area contributed by atoms with Crippen LogP contribution in [0.2, 0.25) is 0 Å². The van der Waals surface area contributed by atoms with Crippen molar-refractivity contribution in [1.29, 1.82) is 5.26 Å². The fourth-order valence-electron chi connectivity index (χ4n) is 2.13. The lowest BCUT2D eigenvalue weighted by atomic mass is 9.85. The van der Waals surface area contributed by atoms with Crippen LogP contribution in [-0.4, -0.2) is 24.4 Å². The summed E-state index contributed by atoms with van der Waals surface area (Å²) in [6.45, 7) is 1.86. The fourth-order valence-corrected chi connectivity index (χ4v) is 2.88. The van der Waals surface area contributed by atoms with E-state index in [4.69, 9.17) is 10.00 Å². The summed E-state index contributed by atoms with van der Waals surface area (Å²) in [5, 5.41) is 8.64. The molecule has 1 aromatic rings. The number of alkyl halides is 2. The molecule has 2 rings (SSSR count). The number of nitriles is 1. The third-order valence-corrected chi connectivity index (χ3v) is 4.10. The maximum absolute atomic E-state index is 13.6. The molecule has 3 nitrogen and oxygen atoms in total. The number of ether oxygens (including phenoxy) is 1. The standard InChI is InChI=1S/C13H13F2NO2S/c1-7-2-3-12(19-7)13(17)18-8-4-10(14)9(6-16)11(15)5-8/h2-3,8-11H,4-5H2,1H3. The van der Waals surface area contributed by atoms with Crippen molar-refractivity contribution < 1.29 is 18.3 Å². The van der Waals surface area contributed by atoms with Crippen LogP contribution < -0.4 is 0 Å². The van der Waals surface area contributed by atoms with E-state index < -0.39 is 30.3 Å². The maximum Gasteiger partial charge on any atom is 0.348 e. The van der Waals surface area contributed by atoms with Gasteiger partial charge < -0.3 is 4.74 Å². The van der Waals surface area contributed by atoms with E-state index in [0.29, 0.717) is 4.88 Å². The molecule has 1 saturated carbocycles. The third-order valence-electron chi connectivity index (χ3n) is 3.12. The first-order valence-electron chi connectivity index (χ1n) is 5.96. The second kappa shape index (κ2) is 5.66. The SMILES string of the molecule is Cc1ccc(C(=O)OC2CC(F)C(C#N)C(F)C2)s1. The lowest BCUT2D eigenvalue weighted by molar-refractivity contribution is -0.0165. The van der Waals surface area contributed by atoms with Gasteiger partial charge in [0.1, 0.15) is 29.2 Å². The minimum Gasteiger partial charge on any atom is -0.458 e. The number of esters is 1. The van der Waals surface area contributed by atoms with Crippen molar-refractivity contribution >= 4 is 17.3 Å². The number of aryl methyl sites for hydroxylation is 1. The number of halogens is 2. The van der Waals surface area contributed by atoms with Gasteiger partial charge in [0.25, 0.3) is 0 Å². The van der Waals surface area contributed by atoms with E-state index >= 15 is 0 Å². The van der Waals surface area contributed by atoms with E-state index in [2.05, 4.69) is 0 Å². The van der Waals surface area contributed by atoms with Crippen LogP contribution in [0.3, 0.4) is 0 Å². The lowest BCUT2D eigenvalue weighted by Gasteiger charge is -2.30. The van der Waals surface area contributed by atoms with Gasteiger partial charge in [0.2, 0.25) is 0 Å². The van der Waals surface area contributed by atoms with Gasteiger partial charge in [-0.2, -0.15) is 5.26 Å². The van der Waals surface area contributed by atoms with Crippen molar-refractivity contribution in [1.82, 2.24) is 0 Å². The molecule has 2 unspecified atom stereocenters. The van der Waals surface area contributed by atoms with Crippen molar-refractivity contribution in [3.05, 3.63) is 21.9 Å². The monoisotopic (exact) mass is 285 g/mol. The predicted molar refractivity (Wildman–Crippen MR) is 66.4 cm³/mol. The second-order valence-corrected chi connectivity index (χ2v) is 5.88. The Morgan fingerprint density at radius 1 is 1.42 bits per heavy atom. The van der Waals surface area contributed by atoms with Gasteiger partial charge in [-0.1, -0.05) is 0 Å². The molecular weight excluding hydrogens is 272 g/mol. The molecule has 1 aromatic heterocycles. The van der Waals surface area contributed by atoms with Crippen molar-refractivity contribution in [2.75, 3.05) is 0 Å². The molecule has 1 aliphatic rings. The van der Waals surface area contributed by atoms with Crippen LogP contribution in [0.4, 0.5) is 8.78 Å². The Kier molecular flexibility index (Phi) is 4.15. The summed E-state index contributed by atoms with van der Waals surface area (Å²) in [7, 11) is 0. The van der Waals surface area contributed by atoms with Crippen molar-refractivity contribution in [2.24, 2.45) is 5.92 Å². The number of carbonyl (C=O) groups is 1. The minimum atomic E-state index is -1.59. The van der Waals surface area contributed by atoms with Crippen molar-refractivity contribution in [2.45, 2.75) is 38.2 Å². The fraction of sp³-hybridized carbons (Fsp3) is 0.538. The van der Waals surface area contributed by atoms with Crippen LogP contribution in [0.1, 0.15) is 27.4 Å². The number of hydrogen-bond donors (Lipinski definition) is 0. The summed E-state index contributed by atoms with van der Waals surface area (Å²) in [6, 6.07) is 5.03. The molecule has 0 N–H and O–H groups in total. The summed E-state index contributed by atoms with van der Waals surface area (Å²) in [4.78, 5) is 13.2. The van der Waals surface area contributed by atoms with Gasteiger partial charge in [-0.3, -0.25) is 0 Å². The van der Waals surface area contributed by atoms with E-state index in [9.17, 15) is 13.6 Å². The van der Waals surface area contributed by atoms with Crippen LogP contribution >= 0.6 is 11.3 Å². The predicted octanol–water partition coefficient (Wildman–Crippen LogP) is 3.19. The zero-order valence-electron chi connectivity index (χ0n) is 10.3. The summed E-state index contributed by atoms with van der Waals surface area (Å²) < 4.78 is 32.2. The Bertz CT molecular complexity index is 499.